The van der Waals surface area contributed by atoms with E-state index in [9.17, 15) is 14.9 Å². The Bertz CT molecular complexity index is 795. The van der Waals surface area contributed by atoms with Gasteiger partial charge in [0.25, 0.3) is 11.6 Å². The predicted octanol–water partition coefficient (Wildman–Crippen LogP) is 2.87. The standard InChI is InChI=1S/C19H23N3O5/c1-4-27-18-13-16(22(24)25)15(12-17(18)26-3)19(23)20-10-11-21(2)14-8-6-5-7-9-14/h5-9,12-13H,4,10-11H2,1-3H3,(H,20,23). The van der Waals surface area contributed by atoms with Crippen LogP contribution in [0.25, 0.3) is 0 Å². The summed E-state index contributed by atoms with van der Waals surface area (Å²) in [5.74, 6) is -0.0365. The Morgan fingerprint density at radius 2 is 1.93 bits per heavy atom. The van der Waals surface area contributed by atoms with E-state index in [0.29, 0.717) is 19.7 Å². The molecule has 0 atom stereocenters. The zero-order valence-electron chi connectivity index (χ0n) is 15.6. The zero-order chi connectivity index (χ0) is 19.8. The molecular formula is C19H23N3O5. The summed E-state index contributed by atoms with van der Waals surface area (Å²) in [5.41, 5.74) is 0.622. The lowest BCUT2D eigenvalue weighted by atomic mass is 10.1. The van der Waals surface area contributed by atoms with Crippen LogP contribution in [0.4, 0.5) is 11.4 Å². The van der Waals surface area contributed by atoms with Crippen molar-refractivity contribution in [2.45, 2.75) is 6.92 Å². The van der Waals surface area contributed by atoms with Gasteiger partial charge in [-0.1, -0.05) is 18.2 Å². The van der Waals surface area contributed by atoms with Gasteiger partial charge in [-0.3, -0.25) is 14.9 Å². The average molecular weight is 373 g/mol. The summed E-state index contributed by atoms with van der Waals surface area (Å²) in [4.78, 5) is 25.2. The number of ether oxygens (including phenoxy) is 2. The van der Waals surface area contributed by atoms with Crippen molar-refractivity contribution in [1.82, 2.24) is 5.32 Å². The molecule has 8 nitrogen and oxygen atoms in total. The molecule has 0 saturated heterocycles. The summed E-state index contributed by atoms with van der Waals surface area (Å²) in [5, 5.41) is 14.1. The van der Waals surface area contributed by atoms with E-state index in [1.807, 2.05) is 42.3 Å². The third-order valence-corrected chi connectivity index (χ3v) is 3.95. The number of carbonyl (C=O) groups excluding carboxylic acids is 1. The third kappa shape index (κ3) is 5.10. The number of nitrogens with zero attached hydrogens (tertiary/aromatic N) is 2. The highest BCUT2D eigenvalue weighted by Gasteiger charge is 2.24. The number of hydrogen-bond donors (Lipinski definition) is 1. The van der Waals surface area contributed by atoms with E-state index < -0.39 is 10.8 Å². The first-order valence-corrected chi connectivity index (χ1v) is 8.51. The summed E-state index contributed by atoms with van der Waals surface area (Å²) in [7, 11) is 3.32. The van der Waals surface area contributed by atoms with E-state index in [4.69, 9.17) is 9.47 Å². The van der Waals surface area contributed by atoms with Crippen LogP contribution in [0, 0.1) is 10.1 Å². The van der Waals surface area contributed by atoms with E-state index in [-0.39, 0.29) is 22.7 Å². The van der Waals surface area contributed by atoms with Gasteiger partial charge in [0, 0.05) is 31.9 Å². The number of carbonyl (C=O) groups is 1. The Balaban J connectivity index is 2.11. The normalized spacial score (nSPS) is 10.2. The smallest absolute Gasteiger partial charge is 0.286 e. The Labute approximate surface area is 157 Å². The molecule has 0 unspecified atom stereocenters. The maximum absolute atomic E-state index is 12.5. The molecule has 27 heavy (non-hydrogen) atoms. The lowest BCUT2D eigenvalue weighted by Crippen LogP contribution is -2.33. The topological polar surface area (TPSA) is 93.9 Å². The number of anilines is 1. The van der Waals surface area contributed by atoms with Crippen LogP contribution in [0.2, 0.25) is 0 Å². The van der Waals surface area contributed by atoms with Crippen LogP contribution in [0.1, 0.15) is 17.3 Å². The Hall–Kier alpha value is -3.29. The van der Waals surface area contributed by atoms with Crippen LogP contribution in [0.5, 0.6) is 11.5 Å². The maximum Gasteiger partial charge on any atom is 0.286 e. The first-order valence-electron chi connectivity index (χ1n) is 8.51. The second-order valence-corrected chi connectivity index (χ2v) is 5.72. The molecule has 0 spiro atoms. The molecule has 8 heteroatoms. The summed E-state index contributed by atoms with van der Waals surface area (Å²) in [6, 6.07) is 12.3. The Morgan fingerprint density at radius 1 is 1.22 bits per heavy atom. The molecule has 0 fully saturated rings. The van der Waals surface area contributed by atoms with Gasteiger partial charge >= 0.3 is 0 Å². The summed E-state index contributed by atoms with van der Waals surface area (Å²) < 4.78 is 10.5. The molecule has 1 N–H and O–H groups in total. The lowest BCUT2D eigenvalue weighted by molar-refractivity contribution is -0.385. The highest BCUT2D eigenvalue weighted by Crippen LogP contribution is 2.34. The summed E-state index contributed by atoms with van der Waals surface area (Å²) >= 11 is 0. The van der Waals surface area contributed by atoms with Gasteiger partial charge in [-0.15, -0.1) is 0 Å². The molecule has 1 amide bonds. The molecule has 0 bridgehead atoms. The molecule has 144 valence electrons. The number of nitro benzene ring substituents is 1. The van der Waals surface area contributed by atoms with Gasteiger partial charge in [0.2, 0.25) is 0 Å². The van der Waals surface area contributed by atoms with Crippen molar-refractivity contribution in [3.05, 3.63) is 58.1 Å². The largest absolute Gasteiger partial charge is 0.493 e. The van der Waals surface area contributed by atoms with Crippen molar-refractivity contribution >= 4 is 17.3 Å². The molecular weight excluding hydrogens is 350 g/mol. The molecule has 0 radical (unpaired) electrons. The minimum Gasteiger partial charge on any atom is -0.493 e. The summed E-state index contributed by atoms with van der Waals surface area (Å²) in [6.45, 7) is 2.97. The lowest BCUT2D eigenvalue weighted by Gasteiger charge is -2.19. The highest BCUT2D eigenvalue weighted by atomic mass is 16.6. The number of methoxy groups -OCH3 is 1. The number of nitrogens with one attached hydrogen (secondary N) is 1. The van der Waals surface area contributed by atoms with Crippen LogP contribution < -0.4 is 19.7 Å². The summed E-state index contributed by atoms with van der Waals surface area (Å²) in [6.07, 6.45) is 0. The molecule has 0 saturated carbocycles. The van der Waals surface area contributed by atoms with Crippen molar-refractivity contribution < 1.29 is 19.2 Å². The van der Waals surface area contributed by atoms with Gasteiger partial charge in [0.1, 0.15) is 5.56 Å². The van der Waals surface area contributed by atoms with E-state index in [1.54, 1.807) is 6.92 Å². The van der Waals surface area contributed by atoms with E-state index >= 15 is 0 Å². The van der Waals surface area contributed by atoms with Gasteiger partial charge in [-0.2, -0.15) is 0 Å². The fourth-order valence-corrected chi connectivity index (χ4v) is 2.55. The van der Waals surface area contributed by atoms with Crippen molar-refractivity contribution in [1.29, 1.82) is 0 Å². The number of amides is 1. The van der Waals surface area contributed by atoms with Gasteiger partial charge < -0.3 is 19.7 Å². The number of para-hydroxylation sites is 1. The molecule has 0 aliphatic carbocycles. The van der Waals surface area contributed by atoms with Crippen molar-refractivity contribution in [3.63, 3.8) is 0 Å². The average Bonchev–Trinajstić information content (AvgIpc) is 2.68. The molecule has 2 rings (SSSR count). The van der Waals surface area contributed by atoms with E-state index in [2.05, 4.69) is 5.32 Å². The monoisotopic (exact) mass is 373 g/mol. The molecule has 0 aromatic heterocycles. The Kier molecular flexibility index (Phi) is 6.99. The van der Waals surface area contributed by atoms with Crippen LogP contribution in [-0.4, -0.2) is 44.7 Å². The first-order chi connectivity index (χ1) is 13.0. The van der Waals surface area contributed by atoms with Crippen LogP contribution in [0.15, 0.2) is 42.5 Å². The second-order valence-electron chi connectivity index (χ2n) is 5.72. The molecule has 2 aromatic carbocycles. The maximum atomic E-state index is 12.5. The fourth-order valence-electron chi connectivity index (χ4n) is 2.55. The fraction of sp³-hybridized carbons (Fsp3) is 0.316. The second kappa shape index (κ2) is 9.42. The van der Waals surface area contributed by atoms with Crippen molar-refractivity contribution in [3.8, 4) is 11.5 Å². The van der Waals surface area contributed by atoms with E-state index in [0.717, 1.165) is 5.69 Å². The van der Waals surface area contributed by atoms with Gasteiger partial charge in [-0.25, -0.2) is 0 Å². The number of likely N-dealkylation sites (N-methyl/N-ethyl adjacent to an activating group) is 1. The molecule has 0 aliphatic rings. The highest BCUT2D eigenvalue weighted by molar-refractivity contribution is 5.99. The van der Waals surface area contributed by atoms with Crippen LogP contribution in [-0.2, 0) is 0 Å². The minimum atomic E-state index is -0.604. The minimum absolute atomic E-state index is 0.0670. The molecule has 0 heterocycles. The first kappa shape index (κ1) is 20.0. The molecule has 0 aliphatic heterocycles. The van der Waals surface area contributed by atoms with Crippen molar-refractivity contribution in [2.75, 3.05) is 38.8 Å². The number of hydrogen-bond acceptors (Lipinski definition) is 6. The van der Waals surface area contributed by atoms with Crippen molar-refractivity contribution in [2.24, 2.45) is 0 Å². The molecule has 2 aromatic rings. The van der Waals surface area contributed by atoms with Gasteiger partial charge in [0.15, 0.2) is 11.5 Å². The van der Waals surface area contributed by atoms with Crippen LogP contribution in [0.3, 0.4) is 0 Å². The quantitative estimate of drug-likeness (QED) is 0.537. The van der Waals surface area contributed by atoms with Gasteiger partial charge in [0.05, 0.1) is 24.7 Å². The van der Waals surface area contributed by atoms with Crippen LogP contribution >= 0.6 is 0 Å². The number of rotatable bonds is 9. The number of nitro groups is 1. The van der Waals surface area contributed by atoms with E-state index in [1.165, 1.54) is 19.2 Å². The third-order valence-electron chi connectivity index (χ3n) is 3.95. The Morgan fingerprint density at radius 3 is 2.52 bits per heavy atom. The predicted molar refractivity (Wildman–Crippen MR) is 103 cm³/mol. The number of benzene rings is 2. The SMILES string of the molecule is CCOc1cc([N+](=O)[O-])c(C(=O)NCCN(C)c2ccccc2)cc1OC. The van der Waals surface area contributed by atoms with Gasteiger partial charge in [-0.05, 0) is 19.1 Å². The zero-order valence-corrected chi connectivity index (χ0v) is 15.6.